The largest absolute Gasteiger partial charge is 0.487 e. The average molecular weight is 337 g/mol. The van der Waals surface area contributed by atoms with E-state index in [4.69, 9.17) is 9.47 Å². The van der Waals surface area contributed by atoms with E-state index in [-0.39, 0.29) is 0 Å². The zero-order valence-corrected chi connectivity index (χ0v) is 13.2. The molecular weight excluding hydrogens is 322 g/mol. The van der Waals surface area contributed by atoms with Gasteiger partial charge < -0.3 is 14.5 Å². The fourth-order valence-electron chi connectivity index (χ4n) is 2.74. The Bertz CT molecular complexity index is 936. The number of nitrogens with one attached hydrogen (secondary N) is 2. The number of hydrogen-bond donors (Lipinski definition) is 2. The molecule has 2 amide bonds. The Kier molecular flexibility index (Phi) is 3.81. The van der Waals surface area contributed by atoms with Gasteiger partial charge in [0.15, 0.2) is 6.10 Å². The summed E-state index contributed by atoms with van der Waals surface area (Å²) in [5.74, 6) is 0.316. The van der Waals surface area contributed by atoms with Gasteiger partial charge in [-0.25, -0.2) is 4.79 Å². The summed E-state index contributed by atoms with van der Waals surface area (Å²) in [6.07, 6.45) is 0.541. The first-order valence-corrected chi connectivity index (χ1v) is 7.83. The number of H-pyrrole nitrogens is 1. The van der Waals surface area contributed by atoms with Gasteiger partial charge in [-0.2, -0.15) is 0 Å². The lowest BCUT2D eigenvalue weighted by Gasteiger charge is -2.05. The van der Waals surface area contributed by atoms with Crippen molar-refractivity contribution in [2.45, 2.75) is 19.1 Å². The van der Waals surface area contributed by atoms with Gasteiger partial charge in [0.1, 0.15) is 12.4 Å². The highest BCUT2D eigenvalue weighted by molar-refractivity contribution is 6.00. The molecule has 25 heavy (non-hydrogen) atoms. The van der Waals surface area contributed by atoms with Gasteiger partial charge in [-0.3, -0.25) is 15.1 Å². The number of fused-ring (bicyclic) bond motifs is 1. The Balaban J connectivity index is 1.47. The number of pyridine rings is 1. The summed E-state index contributed by atoms with van der Waals surface area (Å²) in [6.45, 7) is 0.391. The molecule has 0 saturated carbocycles. The molecule has 2 N–H and O–H groups in total. The summed E-state index contributed by atoms with van der Waals surface area (Å²) in [5, 5.41) is 3.08. The number of imide groups is 1. The Morgan fingerprint density at radius 1 is 1.16 bits per heavy atom. The predicted octanol–water partition coefficient (Wildman–Crippen LogP) is 2.32. The third kappa shape index (κ3) is 3.30. The molecule has 1 unspecified atom stereocenters. The van der Waals surface area contributed by atoms with Gasteiger partial charge in [-0.15, -0.1) is 0 Å². The van der Waals surface area contributed by atoms with Crippen LogP contribution in [0.3, 0.4) is 0 Å². The Labute approximate surface area is 143 Å². The number of carbonyl (C=O) groups is 2. The standard InChI is InChI=1S/C18H15N3O4/c22-17-16(25-18(23)21-17)9-13-7-11-8-14(4-5-15(11)20-13)24-10-12-3-1-2-6-19-12/h1-8,16,20H,9-10H2,(H,21,22,23). The fraction of sp³-hybridized carbons (Fsp3) is 0.167. The number of amides is 2. The highest BCUT2D eigenvalue weighted by Crippen LogP contribution is 2.23. The van der Waals surface area contributed by atoms with Crippen molar-refractivity contribution >= 4 is 22.9 Å². The SMILES string of the molecule is O=C1NC(=O)C(Cc2cc3cc(OCc4ccccn4)ccc3[nH]2)O1. The van der Waals surface area contributed by atoms with Crippen molar-refractivity contribution < 1.29 is 19.1 Å². The van der Waals surface area contributed by atoms with E-state index in [0.29, 0.717) is 13.0 Å². The molecule has 1 aromatic carbocycles. The molecule has 3 aromatic rings. The zero-order chi connectivity index (χ0) is 17.2. The number of cyclic esters (lactones) is 1. The van der Waals surface area contributed by atoms with E-state index in [1.807, 2.05) is 42.5 Å². The first-order chi connectivity index (χ1) is 12.2. The molecule has 7 heteroatoms. The van der Waals surface area contributed by atoms with E-state index in [9.17, 15) is 9.59 Å². The van der Waals surface area contributed by atoms with Crippen molar-refractivity contribution in [3.8, 4) is 5.75 Å². The Morgan fingerprint density at radius 3 is 2.84 bits per heavy atom. The molecule has 126 valence electrons. The lowest BCUT2D eigenvalue weighted by molar-refractivity contribution is -0.123. The third-order valence-electron chi connectivity index (χ3n) is 3.93. The fourth-order valence-corrected chi connectivity index (χ4v) is 2.74. The molecule has 1 aliphatic rings. The first kappa shape index (κ1) is 15.2. The van der Waals surface area contributed by atoms with Crippen LogP contribution >= 0.6 is 0 Å². The molecule has 0 spiro atoms. The summed E-state index contributed by atoms with van der Waals surface area (Å²) >= 11 is 0. The quantitative estimate of drug-likeness (QED) is 0.745. The maximum atomic E-state index is 11.6. The highest BCUT2D eigenvalue weighted by atomic mass is 16.6. The second-order valence-electron chi connectivity index (χ2n) is 5.74. The summed E-state index contributed by atoms with van der Waals surface area (Å²) in [6, 6.07) is 13.3. The number of alkyl carbamates (subject to hydrolysis) is 1. The number of aromatic amines is 1. The van der Waals surface area contributed by atoms with Crippen LogP contribution in [0.1, 0.15) is 11.4 Å². The van der Waals surface area contributed by atoms with Gasteiger partial charge in [-0.1, -0.05) is 6.07 Å². The molecule has 1 aliphatic heterocycles. The topological polar surface area (TPSA) is 93.3 Å². The minimum atomic E-state index is -0.791. The summed E-state index contributed by atoms with van der Waals surface area (Å²) in [7, 11) is 0. The molecule has 0 aliphatic carbocycles. The van der Waals surface area contributed by atoms with Gasteiger partial charge in [-0.05, 0) is 36.4 Å². The van der Waals surface area contributed by atoms with Crippen molar-refractivity contribution in [3.05, 3.63) is 60.0 Å². The second-order valence-corrected chi connectivity index (χ2v) is 5.74. The average Bonchev–Trinajstić information content (AvgIpc) is 3.15. The molecule has 1 fully saturated rings. The molecule has 7 nitrogen and oxygen atoms in total. The number of ether oxygens (including phenoxy) is 2. The van der Waals surface area contributed by atoms with Crippen molar-refractivity contribution in [2.24, 2.45) is 0 Å². The summed E-state index contributed by atoms with van der Waals surface area (Å²) in [5.41, 5.74) is 2.59. The number of rotatable bonds is 5. The normalized spacial score (nSPS) is 16.7. The number of aromatic nitrogens is 2. The number of nitrogens with zero attached hydrogens (tertiary/aromatic N) is 1. The predicted molar refractivity (Wildman–Crippen MR) is 89.0 cm³/mol. The molecule has 0 bridgehead atoms. The van der Waals surface area contributed by atoms with Crippen LogP contribution in [0, 0.1) is 0 Å². The van der Waals surface area contributed by atoms with E-state index in [0.717, 1.165) is 28.0 Å². The van der Waals surface area contributed by atoms with Crippen molar-refractivity contribution in [2.75, 3.05) is 0 Å². The minimum absolute atomic E-state index is 0.302. The first-order valence-electron chi connectivity index (χ1n) is 7.83. The van der Waals surface area contributed by atoms with Crippen LogP contribution in [0.5, 0.6) is 5.75 Å². The van der Waals surface area contributed by atoms with Crippen LogP contribution in [0.15, 0.2) is 48.7 Å². The van der Waals surface area contributed by atoms with Gasteiger partial charge >= 0.3 is 6.09 Å². The molecule has 0 radical (unpaired) electrons. The van der Waals surface area contributed by atoms with Gasteiger partial charge in [0.25, 0.3) is 5.91 Å². The van der Waals surface area contributed by atoms with E-state index in [2.05, 4.69) is 15.3 Å². The van der Waals surface area contributed by atoms with E-state index in [1.165, 1.54) is 0 Å². The zero-order valence-electron chi connectivity index (χ0n) is 13.2. The molecule has 4 rings (SSSR count). The van der Waals surface area contributed by atoms with Crippen LogP contribution in [-0.4, -0.2) is 28.1 Å². The molecule has 1 saturated heterocycles. The van der Waals surface area contributed by atoms with Gasteiger partial charge in [0.05, 0.1) is 5.69 Å². The van der Waals surface area contributed by atoms with Crippen molar-refractivity contribution in [3.63, 3.8) is 0 Å². The van der Waals surface area contributed by atoms with Crippen LogP contribution in [0.25, 0.3) is 10.9 Å². The Morgan fingerprint density at radius 2 is 2.08 bits per heavy atom. The molecule has 2 aromatic heterocycles. The minimum Gasteiger partial charge on any atom is -0.487 e. The van der Waals surface area contributed by atoms with Gasteiger partial charge in [0.2, 0.25) is 0 Å². The van der Waals surface area contributed by atoms with Crippen molar-refractivity contribution in [1.29, 1.82) is 0 Å². The molecule has 3 heterocycles. The lowest BCUT2D eigenvalue weighted by atomic mass is 10.2. The number of benzene rings is 1. The van der Waals surface area contributed by atoms with E-state index < -0.39 is 18.1 Å². The van der Waals surface area contributed by atoms with Crippen LogP contribution in [0.4, 0.5) is 4.79 Å². The maximum Gasteiger partial charge on any atom is 0.414 e. The third-order valence-corrected chi connectivity index (χ3v) is 3.93. The maximum absolute atomic E-state index is 11.6. The molecular formula is C18H15N3O4. The van der Waals surface area contributed by atoms with Crippen LogP contribution < -0.4 is 10.1 Å². The summed E-state index contributed by atoms with van der Waals surface area (Å²) in [4.78, 5) is 30.1. The van der Waals surface area contributed by atoms with Crippen LogP contribution in [0.2, 0.25) is 0 Å². The second kappa shape index (κ2) is 6.27. The van der Waals surface area contributed by atoms with E-state index >= 15 is 0 Å². The highest BCUT2D eigenvalue weighted by Gasteiger charge is 2.32. The van der Waals surface area contributed by atoms with Gasteiger partial charge in [0, 0.05) is 29.2 Å². The summed E-state index contributed by atoms with van der Waals surface area (Å²) < 4.78 is 10.7. The molecule has 1 atom stereocenters. The lowest BCUT2D eigenvalue weighted by Crippen LogP contribution is -2.25. The number of hydrogen-bond acceptors (Lipinski definition) is 5. The van der Waals surface area contributed by atoms with Crippen molar-refractivity contribution in [1.82, 2.24) is 15.3 Å². The smallest absolute Gasteiger partial charge is 0.414 e. The van der Waals surface area contributed by atoms with E-state index in [1.54, 1.807) is 6.20 Å². The van der Waals surface area contributed by atoms with Crippen LogP contribution in [-0.2, 0) is 22.6 Å². The monoisotopic (exact) mass is 337 g/mol. The Hall–Kier alpha value is -3.35. The number of carbonyl (C=O) groups excluding carboxylic acids is 2.